The number of phenols is 1. The fourth-order valence-electron chi connectivity index (χ4n) is 6.57. The summed E-state index contributed by atoms with van der Waals surface area (Å²) in [6.45, 7) is 6.27. The van der Waals surface area contributed by atoms with Crippen molar-refractivity contribution in [2.24, 2.45) is 45.5 Å². The average molecular weight is 1010 g/mol. The highest BCUT2D eigenvalue weighted by atomic mass is 32.1. The van der Waals surface area contributed by atoms with Gasteiger partial charge in [-0.2, -0.15) is 12.6 Å². The number of primary amides is 2. The summed E-state index contributed by atoms with van der Waals surface area (Å²) < 4.78 is 0. The number of thiol groups is 1. The third kappa shape index (κ3) is 24.0. The number of carboxylic acid groups (broad SMARTS) is 1. The number of amides is 9. The van der Waals surface area contributed by atoms with Crippen molar-refractivity contribution in [2.75, 3.05) is 18.9 Å². The maximum atomic E-state index is 14.2. The molecule has 1 rings (SSSR count). The Bertz CT molecular complexity index is 1990. The van der Waals surface area contributed by atoms with Crippen LogP contribution < -0.4 is 65.9 Å². The Morgan fingerprint density at radius 2 is 0.986 bits per heavy atom. The molecule has 0 saturated carbocycles. The van der Waals surface area contributed by atoms with Crippen LogP contribution in [0.1, 0.15) is 84.6 Å². The lowest BCUT2D eigenvalue weighted by Crippen LogP contribution is -2.61. The molecule has 1 aromatic carbocycles. The van der Waals surface area contributed by atoms with Gasteiger partial charge in [0.25, 0.3) is 0 Å². The number of phenolic OH excluding ortho intramolecular Hbond substituents is 1. The Hall–Kier alpha value is -6.74. The van der Waals surface area contributed by atoms with Crippen molar-refractivity contribution in [1.82, 2.24) is 37.2 Å². The number of nitrogens with two attached hydrogens (primary N) is 5. The van der Waals surface area contributed by atoms with Crippen molar-refractivity contribution < 1.29 is 63.3 Å². The Morgan fingerprint density at radius 3 is 1.44 bits per heavy atom. The van der Waals surface area contributed by atoms with Crippen molar-refractivity contribution in [1.29, 1.82) is 0 Å². The highest BCUT2D eigenvalue weighted by Gasteiger charge is 2.35. The quantitative estimate of drug-likeness (QED) is 0.0136. The number of carboxylic acids is 1. The third-order valence-electron chi connectivity index (χ3n) is 10.2. The van der Waals surface area contributed by atoms with Gasteiger partial charge in [-0.15, -0.1) is 0 Å². The van der Waals surface area contributed by atoms with E-state index >= 15 is 0 Å². The molecule has 0 radical (unpaired) electrons. The molecule has 8 atom stereocenters. The van der Waals surface area contributed by atoms with Crippen LogP contribution in [0.3, 0.4) is 0 Å². The number of nitrogens with one attached hydrogen (secondary N) is 7. The van der Waals surface area contributed by atoms with Crippen molar-refractivity contribution in [2.45, 2.75) is 134 Å². The first-order valence-electron chi connectivity index (χ1n) is 22.5. The van der Waals surface area contributed by atoms with Crippen LogP contribution in [0.4, 0.5) is 0 Å². The smallest absolute Gasteiger partial charge is 0.326 e. The summed E-state index contributed by atoms with van der Waals surface area (Å²) in [5.41, 5.74) is 27.6. The number of aliphatic hydroxyl groups is 1. The number of nitrogens with zero attached hydrogens (tertiary/aromatic N) is 1. The standard InChI is InChI=1S/C43H71N13O13S/c1-21(2)16-25(44)35(61)55-31(19-57)40(66)56-32(20-70)41(67)51-27(12-14-34(46)60)37(63)53-29(17-22(3)4)38(64)54-30(18-23-7-9-24(58)10-8-23)39(65)50-26(11-13-33(45)59)36(62)52-28(42(68)69)6-5-15-49-43(47)48/h7-10,21-22,25-32,57-58,70H,5-6,11-20,44H2,1-4H3,(H2,45,59)(H2,46,60)(H,50,65)(H,51,67)(H,52,62)(H,53,63)(H,54,64)(H,55,61)(H,56,66)(H,68,69)(H4,47,48,49)/t25-,26-,27-,28+,29-,30-,31-,32-/m0/s1. The number of aliphatic carboxylic acids is 1. The highest BCUT2D eigenvalue weighted by molar-refractivity contribution is 7.80. The van der Waals surface area contributed by atoms with E-state index in [0.717, 1.165) is 0 Å². The van der Waals surface area contributed by atoms with E-state index in [1.807, 2.05) is 13.8 Å². The Labute approximate surface area is 411 Å². The lowest BCUT2D eigenvalue weighted by atomic mass is 9.99. The molecule has 392 valence electrons. The summed E-state index contributed by atoms with van der Waals surface area (Å²) in [7, 11) is 0. The van der Waals surface area contributed by atoms with Gasteiger partial charge < -0.3 is 81.2 Å². The van der Waals surface area contributed by atoms with E-state index in [1.54, 1.807) is 13.8 Å². The number of carbonyl (C=O) groups is 10. The summed E-state index contributed by atoms with van der Waals surface area (Å²) in [6.07, 6.45) is -1.68. The predicted octanol–water partition coefficient (Wildman–Crippen LogP) is -4.66. The van der Waals surface area contributed by atoms with Gasteiger partial charge >= 0.3 is 5.97 Å². The minimum absolute atomic E-state index is 0.0411. The summed E-state index contributed by atoms with van der Waals surface area (Å²) in [5.74, 6) is -10.7. The zero-order valence-electron chi connectivity index (χ0n) is 39.8. The molecule has 20 N–H and O–H groups in total. The lowest BCUT2D eigenvalue weighted by molar-refractivity contribution is -0.142. The van der Waals surface area contributed by atoms with Crippen LogP contribution in [-0.2, 0) is 54.4 Å². The summed E-state index contributed by atoms with van der Waals surface area (Å²) in [4.78, 5) is 135. The number of aliphatic imine (C=N–C) groups is 1. The maximum Gasteiger partial charge on any atom is 0.326 e. The number of carbonyl (C=O) groups excluding carboxylic acids is 9. The molecule has 0 aliphatic heterocycles. The fourth-order valence-corrected chi connectivity index (χ4v) is 6.82. The summed E-state index contributed by atoms with van der Waals surface area (Å²) in [5, 5.41) is 46.5. The van der Waals surface area contributed by atoms with Crippen molar-refractivity contribution >= 4 is 77.7 Å². The molecule has 26 nitrogen and oxygen atoms in total. The second kappa shape index (κ2) is 31.4. The fraction of sp³-hybridized carbons (Fsp3) is 0.605. The summed E-state index contributed by atoms with van der Waals surface area (Å²) in [6, 6.07) is -6.04. The van der Waals surface area contributed by atoms with Crippen LogP contribution in [0.2, 0.25) is 0 Å². The van der Waals surface area contributed by atoms with Gasteiger partial charge in [0.05, 0.1) is 12.6 Å². The lowest BCUT2D eigenvalue weighted by Gasteiger charge is -2.28. The van der Waals surface area contributed by atoms with E-state index in [4.69, 9.17) is 28.7 Å². The van der Waals surface area contributed by atoms with E-state index in [1.165, 1.54) is 24.3 Å². The zero-order valence-corrected chi connectivity index (χ0v) is 40.7. The first-order chi connectivity index (χ1) is 32.8. The van der Waals surface area contributed by atoms with Gasteiger partial charge in [-0.25, -0.2) is 4.79 Å². The molecule has 0 saturated heterocycles. The van der Waals surface area contributed by atoms with Gasteiger partial charge in [0.15, 0.2) is 5.96 Å². The van der Waals surface area contributed by atoms with Crippen LogP contribution in [0.25, 0.3) is 0 Å². The number of guanidine groups is 1. The monoisotopic (exact) mass is 1010 g/mol. The zero-order chi connectivity index (χ0) is 53.2. The third-order valence-corrected chi connectivity index (χ3v) is 10.6. The van der Waals surface area contributed by atoms with Gasteiger partial charge in [-0.1, -0.05) is 39.8 Å². The highest BCUT2D eigenvalue weighted by Crippen LogP contribution is 2.14. The van der Waals surface area contributed by atoms with E-state index in [-0.39, 0.29) is 74.4 Å². The van der Waals surface area contributed by atoms with Gasteiger partial charge in [0, 0.05) is 31.6 Å². The maximum absolute atomic E-state index is 14.2. The molecule has 0 fully saturated rings. The number of hydrogen-bond donors (Lipinski definition) is 16. The first-order valence-corrected chi connectivity index (χ1v) is 23.1. The number of benzene rings is 1. The molecule has 9 amide bonds. The molecule has 1 aromatic rings. The molecular weight excluding hydrogens is 939 g/mol. The van der Waals surface area contributed by atoms with Crippen molar-refractivity contribution in [3.8, 4) is 5.75 Å². The second-order valence-corrected chi connectivity index (χ2v) is 17.7. The SMILES string of the molecule is CC(C)C[C@H](NC(=O)[C@H](CCC(N)=O)NC(=O)[C@H](CS)NC(=O)[C@H](CO)NC(=O)[C@@H](N)CC(C)C)C(=O)N[C@@H](Cc1ccc(O)cc1)C(=O)N[C@@H](CCC(N)=O)C(=O)N[C@H](CCCN=C(N)N)C(=O)O. The molecular formula is C43H71N13O13S. The van der Waals surface area contributed by atoms with Gasteiger partial charge in [-0.3, -0.25) is 48.1 Å². The van der Waals surface area contributed by atoms with Crippen LogP contribution in [-0.4, -0.2) is 148 Å². The normalized spacial score (nSPS) is 14.5. The van der Waals surface area contributed by atoms with E-state index < -0.39 is 133 Å². The van der Waals surface area contributed by atoms with E-state index in [2.05, 4.69) is 54.8 Å². The Kier molecular flexibility index (Phi) is 27.5. The van der Waals surface area contributed by atoms with Gasteiger partial charge in [0.2, 0.25) is 53.2 Å². The van der Waals surface area contributed by atoms with Crippen LogP contribution >= 0.6 is 12.6 Å². The van der Waals surface area contributed by atoms with Crippen molar-refractivity contribution in [3.63, 3.8) is 0 Å². The van der Waals surface area contributed by atoms with Crippen LogP contribution in [0.5, 0.6) is 5.75 Å². The largest absolute Gasteiger partial charge is 0.508 e. The van der Waals surface area contributed by atoms with E-state index in [0.29, 0.717) is 5.56 Å². The molecule has 70 heavy (non-hydrogen) atoms. The average Bonchev–Trinajstić information content (AvgIpc) is 3.27. The topological polar surface area (TPSA) is 458 Å². The first kappa shape index (κ1) is 61.3. The Balaban J connectivity index is 3.49. The minimum Gasteiger partial charge on any atom is -0.508 e. The molecule has 0 spiro atoms. The Morgan fingerprint density at radius 1 is 0.571 bits per heavy atom. The van der Waals surface area contributed by atoms with Crippen molar-refractivity contribution in [3.05, 3.63) is 29.8 Å². The number of aliphatic hydroxyl groups excluding tert-OH is 1. The second-order valence-electron chi connectivity index (χ2n) is 17.3. The minimum atomic E-state index is -1.56. The number of rotatable bonds is 33. The summed E-state index contributed by atoms with van der Waals surface area (Å²) >= 11 is 4.14. The number of aromatic hydroxyl groups is 1. The van der Waals surface area contributed by atoms with E-state index in [9.17, 15) is 63.3 Å². The molecule has 0 bridgehead atoms. The molecule has 0 aliphatic carbocycles. The number of hydrogen-bond acceptors (Lipinski definition) is 15. The molecule has 27 heteroatoms. The molecule has 0 unspecified atom stereocenters. The van der Waals surface area contributed by atoms with Crippen LogP contribution in [0, 0.1) is 11.8 Å². The van der Waals surface area contributed by atoms with Gasteiger partial charge in [-0.05, 0) is 68.1 Å². The molecule has 0 aliphatic rings. The van der Waals surface area contributed by atoms with Crippen LogP contribution in [0.15, 0.2) is 29.3 Å². The molecule has 0 aromatic heterocycles. The molecule has 0 heterocycles. The predicted molar refractivity (Wildman–Crippen MR) is 258 cm³/mol. The van der Waals surface area contributed by atoms with Gasteiger partial charge in [0.1, 0.15) is 48.0 Å².